The molecule has 0 bridgehead atoms. The molecule has 1 rings (SSSR count). The second-order valence-electron chi connectivity index (χ2n) is 3.75. The molecule has 1 N–H and O–H groups in total. The Kier molecular flexibility index (Phi) is 4.67. The molecule has 0 radical (unpaired) electrons. The van der Waals surface area contributed by atoms with Crippen LogP contribution in [0, 0.1) is 5.92 Å². The molecule has 0 aliphatic heterocycles. The van der Waals surface area contributed by atoms with Gasteiger partial charge < -0.3 is 5.11 Å². The molecule has 0 aromatic carbocycles. The Labute approximate surface area is 96.9 Å². The number of hydrogen-bond acceptors (Lipinski definition) is 3. The lowest BCUT2D eigenvalue weighted by Gasteiger charge is -2.06. The molecular weight excluding hydrogens is 228 g/mol. The van der Waals surface area contributed by atoms with Crippen molar-refractivity contribution < 1.29 is 14.1 Å². The zero-order valence-electron chi connectivity index (χ0n) is 9.42. The van der Waals surface area contributed by atoms with Gasteiger partial charge in [-0.25, -0.2) is 0 Å². The van der Waals surface area contributed by atoms with Crippen LogP contribution in [0.5, 0.6) is 0 Å². The van der Waals surface area contributed by atoms with Crippen LogP contribution in [-0.4, -0.2) is 36.6 Å². The first-order valence-electron chi connectivity index (χ1n) is 5.05. The van der Waals surface area contributed by atoms with E-state index in [4.69, 9.17) is 5.11 Å². The minimum atomic E-state index is -1.09. The SMILES string of the molecule is CC(CS(=O)CCc1ccnn1C)C(=O)O. The fraction of sp³-hybridized carbons (Fsp3) is 0.600. The van der Waals surface area contributed by atoms with Crippen molar-refractivity contribution in [2.45, 2.75) is 13.3 Å². The highest BCUT2D eigenvalue weighted by molar-refractivity contribution is 7.85. The van der Waals surface area contributed by atoms with Crippen molar-refractivity contribution in [3.05, 3.63) is 18.0 Å². The van der Waals surface area contributed by atoms with E-state index in [1.165, 1.54) is 0 Å². The van der Waals surface area contributed by atoms with Crippen LogP contribution in [-0.2, 0) is 29.1 Å². The van der Waals surface area contributed by atoms with Crippen molar-refractivity contribution in [2.24, 2.45) is 13.0 Å². The number of rotatable bonds is 6. The third kappa shape index (κ3) is 3.77. The molecule has 0 saturated carbocycles. The summed E-state index contributed by atoms with van der Waals surface area (Å²) in [4.78, 5) is 10.6. The van der Waals surface area contributed by atoms with E-state index in [9.17, 15) is 9.00 Å². The van der Waals surface area contributed by atoms with Crippen molar-refractivity contribution in [2.75, 3.05) is 11.5 Å². The van der Waals surface area contributed by atoms with Crippen LogP contribution < -0.4 is 0 Å². The molecule has 1 aromatic heterocycles. The Bertz CT molecular complexity index is 389. The summed E-state index contributed by atoms with van der Waals surface area (Å²) in [7, 11) is 0.746. The van der Waals surface area contributed by atoms with E-state index in [-0.39, 0.29) is 5.75 Å². The average molecular weight is 244 g/mol. The topological polar surface area (TPSA) is 72.2 Å². The third-order valence-electron chi connectivity index (χ3n) is 2.37. The van der Waals surface area contributed by atoms with Gasteiger partial charge in [-0.2, -0.15) is 5.10 Å². The monoisotopic (exact) mass is 244 g/mol. The normalized spacial score (nSPS) is 14.6. The van der Waals surface area contributed by atoms with E-state index in [1.807, 2.05) is 13.1 Å². The van der Waals surface area contributed by atoms with Crippen molar-refractivity contribution in [1.82, 2.24) is 9.78 Å². The molecule has 0 saturated heterocycles. The minimum Gasteiger partial charge on any atom is -0.481 e. The van der Waals surface area contributed by atoms with Crippen molar-refractivity contribution in [1.29, 1.82) is 0 Å². The Morgan fingerprint density at radius 1 is 1.69 bits per heavy atom. The summed E-state index contributed by atoms with van der Waals surface area (Å²) in [6.45, 7) is 1.57. The van der Waals surface area contributed by atoms with Gasteiger partial charge in [0, 0.05) is 47.7 Å². The number of carboxylic acid groups (broad SMARTS) is 1. The second-order valence-corrected chi connectivity index (χ2v) is 5.37. The molecule has 0 aliphatic carbocycles. The fourth-order valence-corrected chi connectivity index (χ4v) is 2.60. The number of aliphatic carboxylic acids is 1. The van der Waals surface area contributed by atoms with E-state index in [0.29, 0.717) is 12.2 Å². The summed E-state index contributed by atoms with van der Waals surface area (Å²) in [5.74, 6) is -0.745. The van der Waals surface area contributed by atoms with Gasteiger partial charge in [-0.1, -0.05) is 6.92 Å². The number of aromatic nitrogens is 2. The summed E-state index contributed by atoms with van der Waals surface area (Å²) in [5, 5.41) is 12.7. The fourth-order valence-electron chi connectivity index (χ4n) is 1.30. The van der Waals surface area contributed by atoms with E-state index in [2.05, 4.69) is 5.10 Å². The number of carbonyl (C=O) groups is 1. The van der Waals surface area contributed by atoms with Crippen LogP contribution in [0.3, 0.4) is 0 Å². The highest BCUT2D eigenvalue weighted by Gasteiger charge is 2.14. The van der Waals surface area contributed by atoms with Crippen molar-refractivity contribution >= 4 is 16.8 Å². The lowest BCUT2D eigenvalue weighted by molar-refractivity contribution is -0.140. The molecule has 0 amide bonds. The van der Waals surface area contributed by atoms with Gasteiger partial charge in [0.05, 0.1) is 5.92 Å². The lowest BCUT2D eigenvalue weighted by atomic mass is 10.2. The smallest absolute Gasteiger partial charge is 0.307 e. The van der Waals surface area contributed by atoms with Gasteiger partial charge in [0.25, 0.3) is 0 Å². The molecule has 5 nitrogen and oxygen atoms in total. The molecule has 6 heteroatoms. The van der Waals surface area contributed by atoms with Crippen LogP contribution in [0.15, 0.2) is 12.3 Å². The van der Waals surface area contributed by atoms with Gasteiger partial charge in [0.1, 0.15) is 0 Å². The first kappa shape index (κ1) is 12.9. The van der Waals surface area contributed by atoms with Crippen LogP contribution in [0.1, 0.15) is 12.6 Å². The van der Waals surface area contributed by atoms with Gasteiger partial charge in [-0.05, 0) is 6.07 Å². The molecule has 0 aliphatic rings. The molecule has 0 fully saturated rings. The lowest BCUT2D eigenvalue weighted by Crippen LogP contribution is -2.19. The van der Waals surface area contributed by atoms with Crippen LogP contribution in [0.4, 0.5) is 0 Å². The van der Waals surface area contributed by atoms with Crippen LogP contribution >= 0.6 is 0 Å². The highest BCUT2D eigenvalue weighted by Crippen LogP contribution is 2.03. The van der Waals surface area contributed by atoms with E-state index >= 15 is 0 Å². The van der Waals surface area contributed by atoms with Gasteiger partial charge in [-0.15, -0.1) is 0 Å². The summed E-state index contributed by atoms with van der Waals surface area (Å²) in [6.07, 6.45) is 2.35. The Morgan fingerprint density at radius 3 is 2.88 bits per heavy atom. The number of nitrogens with zero attached hydrogens (tertiary/aromatic N) is 2. The molecule has 1 heterocycles. The third-order valence-corrected chi connectivity index (χ3v) is 3.90. The number of carboxylic acids is 1. The largest absolute Gasteiger partial charge is 0.481 e. The summed E-state index contributed by atoms with van der Waals surface area (Å²) in [5.41, 5.74) is 1.01. The van der Waals surface area contributed by atoms with Gasteiger partial charge in [0.15, 0.2) is 0 Å². The minimum absolute atomic E-state index is 0.215. The molecule has 90 valence electrons. The standard InChI is InChI=1S/C10H16N2O3S/c1-8(10(13)14)7-16(15)6-4-9-3-5-11-12(9)2/h3,5,8H,4,6-7H2,1-2H3,(H,13,14). The maximum Gasteiger partial charge on any atom is 0.307 e. The molecule has 2 unspecified atom stereocenters. The highest BCUT2D eigenvalue weighted by atomic mass is 32.2. The van der Waals surface area contributed by atoms with Gasteiger partial charge in [0.2, 0.25) is 0 Å². The first-order chi connectivity index (χ1) is 7.50. The molecule has 16 heavy (non-hydrogen) atoms. The van der Waals surface area contributed by atoms with Gasteiger partial charge in [-0.3, -0.25) is 13.7 Å². The first-order valence-corrected chi connectivity index (χ1v) is 6.54. The Morgan fingerprint density at radius 2 is 2.38 bits per heavy atom. The second kappa shape index (κ2) is 5.79. The van der Waals surface area contributed by atoms with Crippen LogP contribution in [0.25, 0.3) is 0 Å². The van der Waals surface area contributed by atoms with E-state index in [1.54, 1.807) is 17.8 Å². The summed E-state index contributed by atoms with van der Waals surface area (Å²) in [6, 6.07) is 1.87. The zero-order chi connectivity index (χ0) is 12.1. The van der Waals surface area contributed by atoms with E-state index in [0.717, 1.165) is 5.69 Å². The van der Waals surface area contributed by atoms with E-state index < -0.39 is 22.7 Å². The predicted molar refractivity (Wildman–Crippen MR) is 61.6 cm³/mol. The summed E-state index contributed by atoms with van der Waals surface area (Å²) < 4.78 is 13.3. The van der Waals surface area contributed by atoms with Crippen molar-refractivity contribution in [3.8, 4) is 0 Å². The maximum atomic E-state index is 11.6. The van der Waals surface area contributed by atoms with Crippen LogP contribution in [0.2, 0.25) is 0 Å². The average Bonchev–Trinajstić information content (AvgIpc) is 2.61. The number of hydrogen-bond donors (Lipinski definition) is 1. The molecule has 2 atom stereocenters. The maximum absolute atomic E-state index is 11.6. The summed E-state index contributed by atoms with van der Waals surface area (Å²) >= 11 is 0. The molecular formula is C10H16N2O3S. The quantitative estimate of drug-likeness (QED) is 0.787. The number of aryl methyl sites for hydroxylation is 2. The molecule has 1 aromatic rings. The predicted octanol–water partition coefficient (Wildman–Crippen LogP) is 0.432. The molecule has 0 spiro atoms. The van der Waals surface area contributed by atoms with Gasteiger partial charge >= 0.3 is 5.97 Å². The van der Waals surface area contributed by atoms with Crippen molar-refractivity contribution in [3.63, 3.8) is 0 Å². The Hall–Kier alpha value is -1.17. The zero-order valence-corrected chi connectivity index (χ0v) is 10.2. The Balaban J connectivity index is 2.36.